The quantitative estimate of drug-likeness (QED) is 0.265. The van der Waals surface area contributed by atoms with Gasteiger partial charge in [0, 0.05) is 17.7 Å². The Morgan fingerprint density at radius 2 is 1.76 bits per heavy atom. The lowest BCUT2D eigenvalue weighted by Gasteiger charge is -2.11. The minimum absolute atomic E-state index is 0.0832. The molecular formula is C15H9F4NO5. The third-order valence-corrected chi connectivity index (χ3v) is 2.98. The smallest absolute Gasteiger partial charge is 0.429 e. The molecule has 0 radical (unpaired) electrons. The number of benzene rings is 2. The Hall–Kier alpha value is -3.17. The number of nitro groups is 1. The zero-order valence-electron chi connectivity index (χ0n) is 12.2. The Balaban J connectivity index is 1.99. The van der Waals surface area contributed by atoms with E-state index >= 15 is 0 Å². The SMILES string of the molecule is O=C(OCc1cccc(C(F)(F)F)c1F)Oc1ccc([N+](=O)[O-])cc1. The number of carbonyl (C=O) groups excluding carboxylic acids is 1. The number of non-ortho nitro benzene ring substituents is 1. The van der Waals surface area contributed by atoms with E-state index in [9.17, 15) is 32.5 Å². The van der Waals surface area contributed by atoms with E-state index in [0.717, 1.165) is 36.4 Å². The van der Waals surface area contributed by atoms with Crippen LogP contribution in [0.15, 0.2) is 42.5 Å². The topological polar surface area (TPSA) is 78.7 Å². The Morgan fingerprint density at radius 1 is 1.12 bits per heavy atom. The second kappa shape index (κ2) is 7.16. The summed E-state index contributed by atoms with van der Waals surface area (Å²) in [5, 5.41) is 10.5. The van der Waals surface area contributed by atoms with Crippen molar-refractivity contribution in [3.63, 3.8) is 0 Å². The molecule has 2 aromatic rings. The summed E-state index contributed by atoms with van der Waals surface area (Å²) in [6, 6.07) is 6.99. The number of ether oxygens (including phenoxy) is 2. The molecule has 0 saturated carbocycles. The molecule has 0 aliphatic rings. The second-order valence-electron chi connectivity index (χ2n) is 4.67. The molecule has 0 N–H and O–H groups in total. The van der Waals surface area contributed by atoms with Gasteiger partial charge in [0.2, 0.25) is 0 Å². The molecule has 0 spiro atoms. The first kappa shape index (κ1) is 18.2. The normalized spacial score (nSPS) is 11.0. The molecule has 0 fully saturated rings. The zero-order chi connectivity index (χ0) is 18.6. The Labute approximate surface area is 137 Å². The van der Waals surface area contributed by atoms with Crippen LogP contribution in [0.4, 0.5) is 28.0 Å². The van der Waals surface area contributed by atoms with Gasteiger partial charge in [-0.3, -0.25) is 10.1 Å². The van der Waals surface area contributed by atoms with Crippen LogP contribution in [0.3, 0.4) is 0 Å². The maximum Gasteiger partial charge on any atom is 0.514 e. The van der Waals surface area contributed by atoms with Gasteiger partial charge in [-0.15, -0.1) is 0 Å². The molecule has 10 heteroatoms. The molecular weight excluding hydrogens is 350 g/mol. The van der Waals surface area contributed by atoms with Gasteiger partial charge in [0.05, 0.1) is 10.5 Å². The summed E-state index contributed by atoms with van der Waals surface area (Å²) >= 11 is 0. The molecule has 0 saturated heterocycles. The number of rotatable bonds is 4. The van der Waals surface area contributed by atoms with Crippen molar-refractivity contribution in [3.05, 3.63) is 69.5 Å². The third-order valence-electron chi connectivity index (χ3n) is 2.98. The van der Waals surface area contributed by atoms with Gasteiger partial charge in [-0.1, -0.05) is 12.1 Å². The molecule has 25 heavy (non-hydrogen) atoms. The van der Waals surface area contributed by atoms with E-state index in [4.69, 9.17) is 0 Å². The van der Waals surface area contributed by atoms with Crippen molar-refractivity contribution in [2.75, 3.05) is 0 Å². The molecule has 0 unspecified atom stereocenters. The molecule has 0 bridgehead atoms. The summed E-state index contributed by atoms with van der Waals surface area (Å²) in [7, 11) is 0. The van der Waals surface area contributed by atoms with Crippen molar-refractivity contribution < 1.29 is 36.8 Å². The van der Waals surface area contributed by atoms with Crippen molar-refractivity contribution >= 4 is 11.8 Å². The van der Waals surface area contributed by atoms with Crippen LogP contribution in [0.1, 0.15) is 11.1 Å². The van der Waals surface area contributed by atoms with Crippen molar-refractivity contribution in [3.8, 4) is 5.75 Å². The second-order valence-corrected chi connectivity index (χ2v) is 4.67. The van der Waals surface area contributed by atoms with Crippen LogP contribution in [0.25, 0.3) is 0 Å². The van der Waals surface area contributed by atoms with E-state index in [0.29, 0.717) is 6.07 Å². The minimum atomic E-state index is -4.88. The number of nitrogens with zero attached hydrogens (tertiary/aromatic N) is 1. The van der Waals surface area contributed by atoms with E-state index in [-0.39, 0.29) is 11.4 Å². The van der Waals surface area contributed by atoms with E-state index in [2.05, 4.69) is 9.47 Å². The molecule has 0 atom stereocenters. The zero-order valence-corrected chi connectivity index (χ0v) is 12.2. The van der Waals surface area contributed by atoms with Crippen molar-refractivity contribution in [1.29, 1.82) is 0 Å². The largest absolute Gasteiger partial charge is 0.514 e. The van der Waals surface area contributed by atoms with E-state index in [1.54, 1.807) is 0 Å². The van der Waals surface area contributed by atoms with Gasteiger partial charge in [0.1, 0.15) is 18.2 Å². The summed E-state index contributed by atoms with van der Waals surface area (Å²) in [6.07, 6.45) is -6.18. The van der Waals surface area contributed by atoms with Gasteiger partial charge in [0.25, 0.3) is 5.69 Å². The van der Waals surface area contributed by atoms with Crippen LogP contribution in [0.5, 0.6) is 5.75 Å². The van der Waals surface area contributed by atoms with Crippen molar-refractivity contribution in [2.45, 2.75) is 12.8 Å². The van der Waals surface area contributed by atoms with Crippen LogP contribution >= 0.6 is 0 Å². The third kappa shape index (κ3) is 4.66. The van der Waals surface area contributed by atoms with E-state index in [1.807, 2.05) is 0 Å². The van der Waals surface area contributed by atoms with E-state index < -0.39 is 40.8 Å². The van der Waals surface area contributed by atoms with Gasteiger partial charge in [-0.25, -0.2) is 9.18 Å². The van der Waals surface area contributed by atoms with Crippen molar-refractivity contribution in [1.82, 2.24) is 0 Å². The number of halogens is 4. The van der Waals surface area contributed by atoms with Crippen LogP contribution in [0, 0.1) is 15.9 Å². The first-order valence-electron chi connectivity index (χ1n) is 6.62. The molecule has 6 nitrogen and oxygen atoms in total. The summed E-state index contributed by atoms with van der Waals surface area (Å²) in [5.41, 5.74) is -2.18. The summed E-state index contributed by atoms with van der Waals surface area (Å²) in [6.45, 7) is -0.776. The Kier molecular flexibility index (Phi) is 5.20. The van der Waals surface area contributed by atoms with Gasteiger partial charge < -0.3 is 9.47 Å². The summed E-state index contributed by atoms with van der Waals surface area (Å²) < 4.78 is 60.7. The number of hydrogen-bond acceptors (Lipinski definition) is 5. The van der Waals surface area contributed by atoms with Crippen LogP contribution in [0.2, 0.25) is 0 Å². The van der Waals surface area contributed by atoms with Crippen LogP contribution < -0.4 is 4.74 Å². The molecule has 0 amide bonds. The van der Waals surface area contributed by atoms with Gasteiger partial charge in [-0.05, 0) is 18.2 Å². The Bertz CT molecular complexity index is 789. The highest BCUT2D eigenvalue weighted by atomic mass is 19.4. The highest BCUT2D eigenvalue weighted by Gasteiger charge is 2.34. The van der Waals surface area contributed by atoms with Gasteiger partial charge in [-0.2, -0.15) is 13.2 Å². The van der Waals surface area contributed by atoms with Crippen LogP contribution in [-0.2, 0) is 17.5 Å². The average molecular weight is 359 g/mol. The lowest BCUT2D eigenvalue weighted by atomic mass is 10.1. The average Bonchev–Trinajstić information content (AvgIpc) is 2.53. The first-order chi connectivity index (χ1) is 11.7. The summed E-state index contributed by atoms with van der Waals surface area (Å²) in [4.78, 5) is 21.3. The first-order valence-corrected chi connectivity index (χ1v) is 6.62. The summed E-state index contributed by atoms with van der Waals surface area (Å²) in [5.74, 6) is -1.63. The molecule has 2 aromatic carbocycles. The number of alkyl halides is 3. The minimum Gasteiger partial charge on any atom is -0.429 e. The van der Waals surface area contributed by atoms with Crippen molar-refractivity contribution in [2.24, 2.45) is 0 Å². The molecule has 0 heterocycles. The lowest BCUT2D eigenvalue weighted by molar-refractivity contribution is -0.384. The fourth-order valence-corrected chi connectivity index (χ4v) is 1.81. The molecule has 2 rings (SSSR count). The molecule has 0 aromatic heterocycles. The number of nitro benzene ring substituents is 1. The monoisotopic (exact) mass is 359 g/mol. The molecule has 0 aliphatic heterocycles. The predicted molar refractivity (Wildman–Crippen MR) is 75.3 cm³/mol. The van der Waals surface area contributed by atoms with E-state index in [1.165, 1.54) is 0 Å². The van der Waals surface area contributed by atoms with Gasteiger partial charge >= 0.3 is 12.3 Å². The number of hydrogen-bond donors (Lipinski definition) is 0. The maximum atomic E-state index is 13.7. The fraction of sp³-hybridized carbons (Fsp3) is 0.133. The number of carbonyl (C=O) groups is 1. The fourth-order valence-electron chi connectivity index (χ4n) is 1.81. The van der Waals surface area contributed by atoms with Crippen LogP contribution in [-0.4, -0.2) is 11.1 Å². The highest BCUT2D eigenvalue weighted by molar-refractivity contribution is 5.64. The van der Waals surface area contributed by atoms with Gasteiger partial charge in [0.15, 0.2) is 0 Å². The highest BCUT2D eigenvalue weighted by Crippen LogP contribution is 2.32. The lowest BCUT2D eigenvalue weighted by Crippen LogP contribution is -2.13. The molecule has 0 aliphatic carbocycles. The standard InChI is InChI=1S/C15H9F4NO5/c16-13-9(2-1-3-12(13)15(17,18)19)8-24-14(21)25-11-6-4-10(5-7-11)20(22)23/h1-7H,8H2. The Morgan fingerprint density at radius 3 is 2.32 bits per heavy atom. The predicted octanol–water partition coefficient (Wildman–Crippen LogP) is 4.47. The molecule has 132 valence electrons. The maximum absolute atomic E-state index is 13.7.